The van der Waals surface area contributed by atoms with E-state index < -0.39 is 17.1 Å². The molecule has 3 heterocycles. The zero-order chi connectivity index (χ0) is 22.6. The summed E-state index contributed by atoms with van der Waals surface area (Å²) in [7, 11) is 1.48. The Kier molecular flexibility index (Phi) is 5.04. The molecule has 0 aliphatic carbocycles. The van der Waals surface area contributed by atoms with E-state index in [-0.39, 0.29) is 52.6 Å². The van der Waals surface area contributed by atoms with Crippen molar-refractivity contribution in [3.8, 4) is 0 Å². The highest BCUT2D eigenvalue weighted by atomic mass is 35.5. The second-order valence-electron chi connectivity index (χ2n) is 7.56. The number of Topliss-reactive ketones (excluding diaryl/α,β-unsaturated/α-hetero) is 1. The van der Waals surface area contributed by atoms with E-state index in [4.69, 9.17) is 11.6 Å². The quantitative estimate of drug-likeness (QED) is 0.611. The van der Waals surface area contributed by atoms with Gasteiger partial charge in [-0.1, -0.05) is 17.7 Å². The van der Waals surface area contributed by atoms with Crippen LogP contribution < -0.4 is 16.3 Å². The van der Waals surface area contributed by atoms with Gasteiger partial charge in [-0.2, -0.15) is 10.1 Å². The molecule has 9 nitrogen and oxygen atoms in total. The molecule has 11 heteroatoms. The first kappa shape index (κ1) is 21.0. The maximum absolute atomic E-state index is 14.3. The van der Waals surface area contributed by atoms with Gasteiger partial charge in [0.2, 0.25) is 5.95 Å². The van der Waals surface area contributed by atoms with Crippen molar-refractivity contribution >= 4 is 40.2 Å². The molecular weight excluding hydrogens is 427 g/mol. The van der Waals surface area contributed by atoms with Gasteiger partial charge < -0.3 is 0 Å². The third kappa shape index (κ3) is 3.27. The fourth-order valence-electron chi connectivity index (χ4n) is 3.68. The first-order valence-electron chi connectivity index (χ1n) is 9.58. The topological polar surface area (TPSA) is 94.5 Å². The van der Waals surface area contributed by atoms with Gasteiger partial charge in [-0.05, 0) is 32.9 Å². The second-order valence-corrected chi connectivity index (χ2v) is 7.97. The normalized spacial score (nSPS) is 15.9. The highest BCUT2D eigenvalue weighted by molar-refractivity contribution is 6.31. The van der Waals surface area contributed by atoms with E-state index in [1.165, 1.54) is 41.7 Å². The molecule has 0 amide bonds. The van der Waals surface area contributed by atoms with Gasteiger partial charge in [0.15, 0.2) is 16.9 Å². The summed E-state index contributed by atoms with van der Waals surface area (Å²) in [4.78, 5) is 42.6. The fourth-order valence-corrected chi connectivity index (χ4v) is 3.90. The van der Waals surface area contributed by atoms with Crippen molar-refractivity contribution in [3.63, 3.8) is 0 Å². The van der Waals surface area contributed by atoms with E-state index in [1.807, 2.05) is 6.92 Å². The van der Waals surface area contributed by atoms with Crippen molar-refractivity contribution in [3.05, 3.63) is 55.4 Å². The van der Waals surface area contributed by atoms with E-state index >= 15 is 0 Å². The molecule has 2 aromatic heterocycles. The number of hydrazone groups is 1. The molecule has 1 aromatic carbocycles. The number of halogens is 2. The number of rotatable bonds is 4. The van der Waals surface area contributed by atoms with Gasteiger partial charge >= 0.3 is 5.69 Å². The maximum Gasteiger partial charge on any atom is 0.332 e. The van der Waals surface area contributed by atoms with Gasteiger partial charge in [-0.25, -0.2) is 14.2 Å². The van der Waals surface area contributed by atoms with E-state index in [9.17, 15) is 18.8 Å². The van der Waals surface area contributed by atoms with E-state index in [2.05, 4.69) is 10.1 Å². The SMILES string of the molecule is CC(=O)CN1N=C(C)C(C)n2c1nc1c2c(=O)n(Cc2c(F)cccc2Cl)c(=O)n1C. The van der Waals surface area contributed by atoms with Crippen LogP contribution in [-0.2, 0) is 18.4 Å². The molecule has 1 aliphatic rings. The number of carbonyl (C=O) groups is 1. The zero-order valence-electron chi connectivity index (χ0n) is 17.4. The molecule has 3 aromatic rings. The summed E-state index contributed by atoms with van der Waals surface area (Å²) in [5.74, 6) is -0.455. The molecule has 1 unspecified atom stereocenters. The highest BCUT2D eigenvalue weighted by Crippen LogP contribution is 2.29. The van der Waals surface area contributed by atoms with Gasteiger partial charge in [-0.15, -0.1) is 0 Å². The lowest BCUT2D eigenvalue weighted by Crippen LogP contribution is -2.41. The summed E-state index contributed by atoms with van der Waals surface area (Å²) in [5, 5.41) is 5.95. The fraction of sp³-hybridized carbons (Fsp3) is 0.350. The van der Waals surface area contributed by atoms with Gasteiger partial charge in [0.1, 0.15) is 12.4 Å². The number of aromatic nitrogens is 4. The molecule has 0 saturated carbocycles. The molecule has 0 fully saturated rings. The Labute approximate surface area is 181 Å². The Morgan fingerprint density at radius 1 is 1.29 bits per heavy atom. The Balaban J connectivity index is 2.00. The standard InChI is InChI=1S/C20H20ClFN6O3/c1-10(29)8-27-19-23-17-16(28(19)12(3)11(2)24-27)18(30)26(20(31)25(17)4)9-13-14(21)6-5-7-15(13)22/h5-7,12H,8-9H2,1-4H3. The molecule has 0 spiro atoms. The molecule has 0 saturated heterocycles. The average molecular weight is 447 g/mol. The number of hydrogen-bond donors (Lipinski definition) is 0. The largest absolute Gasteiger partial charge is 0.332 e. The average Bonchev–Trinajstić information content (AvgIpc) is 3.10. The first-order chi connectivity index (χ1) is 14.6. The van der Waals surface area contributed by atoms with E-state index in [0.717, 1.165) is 4.57 Å². The molecule has 0 N–H and O–H groups in total. The van der Waals surface area contributed by atoms with Crippen LogP contribution in [0.4, 0.5) is 10.3 Å². The van der Waals surface area contributed by atoms with Crippen LogP contribution >= 0.6 is 11.6 Å². The van der Waals surface area contributed by atoms with Crippen molar-refractivity contribution in [2.24, 2.45) is 12.1 Å². The predicted molar refractivity (Wildman–Crippen MR) is 116 cm³/mol. The van der Waals surface area contributed by atoms with Crippen molar-refractivity contribution in [2.45, 2.75) is 33.4 Å². The Bertz CT molecular complexity index is 1370. The number of ketones is 1. The lowest BCUT2D eigenvalue weighted by molar-refractivity contribution is -0.115. The number of nitrogens with zero attached hydrogens (tertiary/aromatic N) is 6. The molecule has 0 bridgehead atoms. The van der Waals surface area contributed by atoms with Crippen LogP contribution in [0.5, 0.6) is 0 Å². The summed E-state index contributed by atoms with van der Waals surface area (Å²) in [6, 6.07) is 3.83. The summed E-state index contributed by atoms with van der Waals surface area (Å²) in [5.41, 5.74) is -0.239. The van der Waals surface area contributed by atoms with Crippen molar-refractivity contribution in [1.82, 2.24) is 18.7 Å². The summed E-state index contributed by atoms with van der Waals surface area (Å²) >= 11 is 6.11. The number of fused-ring (bicyclic) bond motifs is 3. The third-order valence-electron chi connectivity index (χ3n) is 5.41. The van der Waals surface area contributed by atoms with Crippen LogP contribution in [0.25, 0.3) is 11.2 Å². The minimum atomic E-state index is -0.657. The van der Waals surface area contributed by atoms with Gasteiger partial charge in [0.25, 0.3) is 5.56 Å². The molecule has 1 atom stereocenters. The molecule has 31 heavy (non-hydrogen) atoms. The van der Waals surface area contributed by atoms with Crippen LogP contribution in [0.15, 0.2) is 32.9 Å². The summed E-state index contributed by atoms with van der Waals surface area (Å²) in [6.45, 7) is 4.70. The van der Waals surface area contributed by atoms with Crippen molar-refractivity contribution in [2.75, 3.05) is 11.6 Å². The Hall–Kier alpha value is -3.27. The maximum atomic E-state index is 14.3. The van der Waals surface area contributed by atoms with Crippen LogP contribution in [0.3, 0.4) is 0 Å². The highest BCUT2D eigenvalue weighted by Gasteiger charge is 2.31. The number of carbonyl (C=O) groups excluding carboxylic acids is 1. The smallest absolute Gasteiger partial charge is 0.298 e. The number of anilines is 1. The van der Waals surface area contributed by atoms with Crippen LogP contribution in [0.2, 0.25) is 5.02 Å². The Morgan fingerprint density at radius 2 is 2.00 bits per heavy atom. The molecular formula is C20H20ClFN6O3. The number of hydrogen-bond acceptors (Lipinski definition) is 6. The molecule has 162 valence electrons. The third-order valence-corrected chi connectivity index (χ3v) is 5.76. The predicted octanol–water partition coefficient (Wildman–Crippen LogP) is 2.08. The van der Waals surface area contributed by atoms with E-state index in [1.54, 1.807) is 11.5 Å². The van der Waals surface area contributed by atoms with Crippen LogP contribution in [0.1, 0.15) is 32.4 Å². The van der Waals surface area contributed by atoms with Crippen molar-refractivity contribution in [1.29, 1.82) is 0 Å². The first-order valence-corrected chi connectivity index (χ1v) is 9.96. The summed E-state index contributed by atoms with van der Waals surface area (Å²) in [6.07, 6.45) is 0. The van der Waals surface area contributed by atoms with Crippen LogP contribution in [-0.4, -0.2) is 36.7 Å². The minimum absolute atomic E-state index is 0.0274. The monoisotopic (exact) mass is 446 g/mol. The second kappa shape index (κ2) is 7.45. The van der Waals surface area contributed by atoms with Crippen LogP contribution in [0, 0.1) is 5.82 Å². The van der Waals surface area contributed by atoms with Crippen molar-refractivity contribution < 1.29 is 9.18 Å². The van der Waals surface area contributed by atoms with Gasteiger partial charge in [0.05, 0.1) is 18.3 Å². The number of aryl methyl sites for hydroxylation is 1. The lowest BCUT2D eigenvalue weighted by Gasteiger charge is -2.28. The number of imidazole rings is 1. The van der Waals surface area contributed by atoms with E-state index in [0.29, 0.717) is 5.71 Å². The Morgan fingerprint density at radius 3 is 2.65 bits per heavy atom. The summed E-state index contributed by atoms with van der Waals surface area (Å²) < 4.78 is 18.1. The zero-order valence-corrected chi connectivity index (χ0v) is 18.1. The minimum Gasteiger partial charge on any atom is -0.298 e. The lowest BCUT2D eigenvalue weighted by atomic mass is 10.2. The molecule has 0 radical (unpaired) electrons. The number of benzene rings is 1. The van der Waals surface area contributed by atoms with Gasteiger partial charge in [-0.3, -0.25) is 23.3 Å². The van der Waals surface area contributed by atoms with Gasteiger partial charge in [0, 0.05) is 17.6 Å². The molecule has 1 aliphatic heterocycles. The molecule has 4 rings (SSSR count).